The standard InChI is InChI=1S/C25H25Cl2N3O2/c1-16-6-8-19(13-17(16)2)24(31)30-23(15-18-7-9-21(26)22(27)14-18)25(32)29-12-10-20-5-3-4-11-28-20/h3-9,11,13-14,23H,10,12,15H2,1-2H3,(H,29,32)(H,30,31)/t23-/m1/s1. The summed E-state index contributed by atoms with van der Waals surface area (Å²) in [7, 11) is 0. The van der Waals surface area contributed by atoms with Gasteiger partial charge in [-0.25, -0.2) is 0 Å². The number of halogens is 2. The summed E-state index contributed by atoms with van der Waals surface area (Å²) >= 11 is 12.1. The maximum absolute atomic E-state index is 13.0. The number of nitrogens with one attached hydrogen (secondary N) is 2. The van der Waals surface area contributed by atoms with Crippen LogP contribution in [0.2, 0.25) is 10.0 Å². The van der Waals surface area contributed by atoms with Crippen LogP contribution in [0.15, 0.2) is 60.8 Å². The monoisotopic (exact) mass is 469 g/mol. The summed E-state index contributed by atoms with van der Waals surface area (Å²) in [5, 5.41) is 6.61. The number of pyridine rings is 1. The number of carbonyl (C=O) groups is 2. The summed E-state index contributed by atoms with van der Waals surface area (Å²) in [6, 6.07) is 15.5. The molecule has 1 heterocycles. The van der Waals surface area contributed by atoms with Gasteiger partial charge in [0.05, 0.1) is 10.0 Å². The van der Waals surface area contributed by atoms with Crippen LogP contribution >= 0.6 is 23.2 Å². The molecule has 3 aromatic rings. The molecule has 0 spiro atoms. The zero-order valence-electron chi connectivity index (χ0n) is 18.0. The number of hydrogen-bond acceptors (Lipinski definition) is 3. The average Bonchev–Trinajstić information content (AvgIpc) is 2.78. The van der Waals surface area contributed by atoms with Crippen LogP contribution in [0, 0.1) is 13.8 Å². The second-order valence-electron chi connectivity index (χ2n) is 7.64. The van der Waals surface area contributed by atoms with Gasteiger partial charge in [0.1, 0.15) is 6.04 Å². The minimum Gasteiger partial charge on any atom is -0.354 e. The van der Waals surface area contributed by atoms with Crippen LogP contribution in [0.5, 0.6) is 0 Å². The first-order valence-corrected chi connectivity index (χ1v) is 11.1. The lowest BCUT2D eigenvalue weighted by atomic mass is 10.0. The second-order valence-corrected chi connectivity index (χ2v) is 8.45. The molecule has 2 amide bonds. The van der Waals surface area contributed by atoms with Crippen molar-refractivity contribution >= 4 is 35.0 Å². The Hall–Kier alpha value is -2.89. The predicted octanol–water partition coefficient (Wildman–Crippen LogP) is 4.71. The van der Waals surface area contributed by atoms with E-state index in [0.717, 1.165) is 22.4 Å². The van der Waals surface area contributed by atoms with Crippen LogP contribution in [0.25, 0.3) is 0 Å². The molecular weight excluding hydrogens is 445 g/mol. The summed E-state index contributed by atoms with van der Waals surface area (Å²) < 4.78 is 0. The number of aromatic nitrogens is 1. The molecule has 2 aromatic carbocycles. The Balaban J connectivity index is 1.73. The number of carbonyl (C=O) groups excluding carboxylic acids is 2. The number of nitrogens with zero attached hydrogens (tertiary/aromatic N) is 1. The molecule has 0 unspecified atom stereocenters. The van der Waals surface area contributed by atoms with Gasteiger partial charge in [-0.2, -0.15) is 0 Å². The first-order chi connectivity index (χ1) is 15.3. The molecule has 1 atom stereocenters. The largest absolute Gasteiger partial charge is 0.354 e. The van der Waals surface area contributed by atoms with E-state index in [4.69, 9.17) is 23.2 Å². The summed E-state index contributed by atoms with van der Waals surface area (Å²) in [5.41, 5.74) is 4.30. The Kier molecular flexibility index (Phi) is 8.26. The number of hydrogen-bond donors (Lipinski definition) is 2. The van der Waals surface area contributed by atoms with Crippen molar-refractivity contribution in [2.45, 2.75) is 32.7 Å². The smallest absolute Gasteiger partial charge is 0.251 e. The zero-order chi connectivity index (χ0) is 23.1. The van der Waals surface area contributed by atoms with E-state index in [9.17, 15) is 9.59 Å². The number of benzene rings is 2. The molecule has 2 N–H and O–H groups in total. The SMILES string of the molecule is Cc1ccc(C(=O)N[C@H](Cc2ccc(Cl)c(Cl)c2)C(=O)NCCc2ccccn2)cc1C. The highest BCUT2D eigenvalue weighted by atomic mass is 35.5. The summed E-state index contributed by atoms with van der Waals surface area (Å²) in [4.78, 5) is 30.1. The van der Waals surface area contributed by atoms with E-state index in [1.54, 1.807) is 30.5 Å². The fraction of sp³-hybridized carbons (Fsp3) is 0.240. The highest BCUT2D eigenvalue weighted by Gasteiger charge is 2.22. The van der Waals surface area contributed by atoms with E-state index in [1.807, 2.05) is 44.2 Å². The van der Waals surface area contributed by atoms with Crippen LogP contribution in [-0.4, -0.2) is 29.4 Å². The lowest BCUT2D eigenvalue weighted by Gasteiger charge is -2.19. The van der Waals surface area contributed by atoms with E-state index >= 15 is 0 Å². The third-order valence-electron chi connectivity index (χ3n) is 5.22. The third-order valence-corrected chi connectivity index (χ3v) is 5.96. The van der Waals surface area contributed by atoms with E-state index in [2.05, 4.69) is 15.6 Å². The lowest BCUT2D eigenvalue weighted by molar-refractivity contribution is -0.122. The van der Waals surface area contributed by atoms with Gasteiger partial charge in [-0.15, -0.1) is 0 Å². The van der Waals surface area contributed by atoms with Crippen molar-refractivity contribution in [2.24, 2.45) is 0 Å². The quantitative estimate of drug-likeness (QED) is 0.501. The third kappa shape index (κ3) is 6.55. The molecular formula is C25H25Cl2N3O2. The Morgan fingerprint density at radius 2 is 1.78 bits per heavy atom. The first-order valence-electron chi connectivity index (χ1n) is 10.3. The molecule has 0 saturated carbocycles. The van der Waals surface area contributed by atoms with Crippen molar-refractivity contribution in [3.63, 3.8) is 0 Å². The fourth-order valence-electron chi connectivity index (χ4n) is 3.22. The molecule has 0 bridgehead atoms. The minimum absolute atomic E-state index is 0.274. The van der Waals surface area contributed by atoms with Crippen LogP contribution in [-0.2, 0) is 17.6 Å². The predicted molar refractivity (Wildman–Crippen MR) is 128 cm³/mol. The van der Waals surface area contributed by atoms with E-state index in [0.29, 0.717) is 28.6 Å². The first kappa shape index (κ1) is 23.8. The van der Waals surface area contributed by atoms with E-state index in [1.165, 1.54) is 0 Å². The van der Waals surface area contributed by atoms with Crippen molar-refractivity contribution in [3.05, 3.63) is 98.8 Å². The van der Waals surface area contributed by atoms with Gasteiger partial charge in [0.15, 0.2) is 0 Å². The maximum Gasteiger partial charge on any atom is 0.251 e. The summed E-state index contributed by atoms with van der Waals surface area (Å²) in [5.74, 6) is -0.581. The molecule has 0 aliphatic rings. The molecule has 0 fully saturated rings. The van der Waals surface area contributed by atoms with Crippen LogP contribution in [0.4, 0.5) is 0 Å². The number of rotatable bonds is 8. The van der Waals surface area contributed by atoms with Crippen molar-refractivity contribution in [2.75, 3.05) is 6.54 Å². The number of amides is 2. The van der Waals surface area contributed by atoms with Crippen molar-refractivity contribution in [1.29, 1.82) is 0 Å². The van der Waals surface area contributed by atoms with Gasteiger partial charge >= 0.3 is 0 Å². The molecule has 32 heavy (non-hydrogen) atoms. The van der Waals surface area contributed by atoms with E-state index in [-0.39, 0.29) is 18.2 Å². The maximum atomic E-state index is 13.0. The highest BCUT2D eigenvalue weighted by molar-refractivity contribution is 6.42. The zero-order valence-corrected chi connectivity index (χ0v) is 19.5. The molecule has 5 nitrogen and oxygen atoms in total. The average molecular weight is 470 g/mol. The molecule has 0 radical (unpaired) electrons. The van der Waals surface area contributed by atoms with Crippen LogP contribution in [0.3, 0.4) is 0 Å². The minimum atomic E-state index is -0.773. The fourth-order valence-corrected chi connectivity index (χ4v) is 3.54. The molecule has 0 aliphatic carbocycles. The normalized spacial score (nSPS) is 11.6. The molecule has 166 valence electrons. The summed E-state index contributed by atoms with van der Waals surface area (Å²) in [6.07, 6.45) is 2.59. The Morgan fingerprint density at radius 1 is 0.969 bits per heavy atom. The molecule has 0 aliphatic heterocycles. The van der Waals surface area contributed by atoms with Gasteiger partial charge in [-0.1, -0.05) is 41.4 Å². The van der Waals surface area contributed by atoms with Crippen LogP contribution in [0.1, 0.15) is 32.7 Å². The number of aryl methyl sites for hydroxylation is 2. The Labute approximate surface area is 198 Å². The van der Waals surface area contributed by atoms with Crippen molar-refractivity contribution in [3.8, 4) is 0 Å². The van der Waals surface area contributed by atoms with Gasteiger partial charge in [-0.3, -0.25) is 14.6 Å². The lowest BCUT2D eigenvalue weighted by Crippen LogP contribution is -2.48. The Morgan fingerprint density at radius 3 is 2.47 bits per heavy atom. The topological polar surface area (TPSA) is 71.1 Å². The van der Waals surface area contributed by atoms with Gasteiger partial charge in [0, 0.05) is 36.8 Å². The van der Waals surface area contributed by atoms with Gasteiger partial charge in [-0.05, 0) is 66.9 Å². The Bertz CT molecular complexity index is 1100. The molecule has 7 heteroatoms. The second kappa shape index (κ2) is 11.1. The van der Waals surface area contributed by atoms with Crippen LogP contribution < -0.4 is 10.6 Å². The van der Waals surface area contributed by atoms with Gasteiger partial charge in [0.25, 0.3) is 5.91 Å². The van der Waals surface area contributed by atoms with E-state index < -0.39 is 6.04 Å². The molecule has 0 saturated heterocycles. The molecule has 3 rings (SSSR count). The van der Waals surface area contributed by atoms with Crippen molar-refractivity contribution in [1.82, 2.24) is 15.6 Å². The summed E-state index contributed by atoms with van der Waals surface area (Å²) in [6.45, 7) is 4.34. The van der Waals surface area contributed by atoms with Gasteiger partial charge in [0.2, 0.25) is 5.91 Å². The van der Waals surface area contributed by atoms with Gasteiger partial charge < -0.3 is 10.6 Å². The highest BCUT2D eigenvalue weighted by Crippen LogP contribution is 2.23. The van der Waals surface area contributed by atoms with Crippen molar-refractivity contribution < 1.29 is 9.59 Å². The molecule has 1 aromatic heterocycles.